The fourth-order valence-electron chi connectivity index (χ4n) is 2.60. The summed E-state index contributed by atoms with van der Waals surface area (Å²) in [6, 6.07) is 0.130. The minimum Gasteiger partial charge on any atom is -0.458 e. The maximum Gasteiger partial charge on any atom is 0.323 e. The summed E-state index contributed by atoms with van der Waals surface area (Å²) >= 11 is 4.99. The topological polar surface area (TPSA) is 140 Å². The van der Waals surface area contributed by atoms with Crippen molar-refractivity contribution in [2.24, 2.45) is 11.7 Å². The third-order valence-corrected chi connectivity index (χ3v) is 4.67. The summed E-state index contributed by atoms with van der Waals surface area (Å²) in [5, 5.41) is 20.5. The number of nitrogens with zero attached hydrogens (tertiary/aromatic N) is 1. The average molecular weight is 391 g/mol. The molecule has 0 aliphatic carbocycles. The summed E-state index contributed by atoms with van der Waals surface area (Å²) in [4.78, 5) is 25.4. The van der Waals surface area contributed by atoms with E-state index in [1.54, 1.807) is 13.8 Å². The molecule has 1 fully saturated rings. The van der Waals surface area contributed by atoms with E-state index >= 15 is 4.39 Å². The molecule has 1 aromatic heterocycles. The first-order valence-corrected chi connectivity index (χ1v) is 8.33. The normalized spacial score (nSPS) is 32.6. The van der Waals surface area contributed by atoms with E-state index in [-0.39, 0.29) is 10.7 Å². The van der Waals surface area contributed by atoms with E-state index in [0.717, 1.165) is 10.6 Å². The predicted octanol–water partition coefficient (Wildman–Crippen LogP) is -0.477. The first-order chi connectivity index (χ1) is 11.9. The Balaban J connectivity index is 2.26. The first kappa shape index (κ1) is 20.6. The van der Waals surface area contributed by atoms with Gasteiger partial charge in [0.1, 0.15) is 18.2 Å². The molecule has 26 heavy (non-hydrogen) atoms. The third kappa shape index (κ3) is 3.58. The summed E-state index contributed by atoms with van der Waals surface area (Å²) in [6.07, 6.45) is -2.60. The zero-order chi connectivity index (χ0) is 19.9. The van der Waals surface area contributed by atoms with Crippen LogP contribution in [-0.2, 0) is 20.0 Å². The number of halogens is 1. The second kappa shape index (κ2) is 7.16. The highest BCUT2D eigenvalue weighted by Gasteiger charge is 2.63. The third-order valence-electron chi connectivity index (χ3n) is 4.37. The minimum atomic E-state index is -2.90. The lowest BCUT2D eigenvalue weighted by atomic mass is 10.0. The molecule has 146 valence electrons. The van der Waals surface area contributed by atoms with Gasteiger partial charge in [-0.25, -0.2) is 4.39 Å². The number of esters is 1. The Kier molecular flexibility index (Phi) is 5.69. The van der Waals surface area contributed by atoms with Gasteiger partial charge in [0.25, 0.3) is 11.4 Å². The van der Waals surface area contributed by atoms with Gasteiger partial charge in [-0.3, -0.25) is 19.1 Å². The molecule has 2 rings (SSSR count). The molecule has 5 N–H and O–H groups in total. The molecule has 2 heterocycles. The Morgan fingerprint density at radius 2 is 2.15 bits per heavy atom. The Hall–Kier alpha value is -1.66. The van der Waals surface area contributed by atoms with Crippen LogP contribution in [0.4, 0.5) is 4.39 Å². The number of aliphatic hydroxyl groups excluding tert-OH is 2. The number of H-pyrrole nitrogens is 1. The lowest BCUT2D eigenvalue weighted by Crippen LogP contribution is -2.46. The summed E-state index contributed by atoms with van der Waals surface area (Å²) in [5.41, 5.74) is 3.29. The lowest BCUT2D eigenvalue weighted by Gasteiger charge is -2.30. The van der Waals surface area contributed by atoms with E-state index < -0.39 is 48.0 Å². The highest BCUT2D eigenvalue weighted by Crippen LogP contribution is 2.42. The van der Waals surface area contributed by atoms with Gasteiger partial charge in [0, 0.05) is 12.3 Å². The summed E-state index contributed by atoms with van der Waals surface area (Å²) in [5.74, 6) is -4.00. The fraction of sp³-hybridized carbons (Fsp3) is 0.667. The number of aromatic amines is 1. The number of carbonyl (C=O) groups is 1. The molecule has 1 aliphatic rings. The second-order valence-electron chi connectivity index (χ2n) is 6.69. The Morgan fingerprint density at radius 3 is 2.69 bits per heavy atom. The number of ether oxygens (including phenoxy) is 2. The van der Waals surface area contributed by atoms with Gasteiger partial charge >= 0.3 is 5.97 Å². The van der Waals surface area contributed by atoms with Crippen LogP contribution in [0.3, 0.4) is 0 Å². The van der Waals surface area contributed by atoms with Gasteiger partial charge < -0.3 is 25.4 Å². The molecule has 9 nitrogen and oxygen atoms in total. The number of carbonyl (C=O) groups excluding carboxylic acids is 1. The van der Waals surface area contributed by atoms with Crippen molar-refractivity contribution in [3.63, 3.8) is 0 Å². The van der Waals surface area contributed by atoms with Crippen molar-refractivity contribution >= 4 is 18.2 Å². The van der Waals surface area contributed by atoms with Gasteiger partial charge in [-0.1, -0.05) is 13.8 Å². The van der Waals surface area contributed by atoms with Gasteiger partial charge in [0.15, 0.2) is 17.1 Å². The van der Waals surface area contributed by atoms with Crippen LogP contribution >= 0.6 is 12.2 Å². The summed E-state index contributed by atoms with van der Waals surface area (Å²) in [6.45, 7) is 3.68. The summed E-state index contributed by atoms with van der Waals surface area (Å²) in [7, 11) is 0. The summed E-state index contributed by atoms with van der Waals surface area (Å²) < 4.78 is 26.1. The number of nitrogens with one attached hydrogen (secondary N) is 1. The van der Waals surface area contributed by atoms with Crippen LogP contribution < -0.4 is 11.3 Å². The second-order valence-corrected chi connectivity index (χ2v) is 7.08. The number of aromatic nitrogens is 2. The molecule has 0 aromatic carbocycles. The Labute approximate surface area is 153 Å². The lowest BCUT2D eigenvalue weighted by molar-refractivity contribution is -0.245. The number of aliphatic hydroxyl groups is 2. The molecule has 1 aromatic rings. The van der Waals surface area contributed by atoms with Crippen molar-refractivity contribution in [2.45, 2.75) is 50.6 Å². The van der Waals surface area contributed by atoms with E-state index in [2.05, 4.69) is 4.98 Å². The SMILES string of the molecule is CC(C)[C@H](N)C(=O)OC[C@@]1(F)O[C@@](C)(n2ccc(=O)[nH]c2=S)[C@H](O)[C@@H]1O. The van der Waals surface area contributed by atoms with E-state index in [4.69, 9.17) is 27.4 Å². The van der Waals surface area contributed by atoms with Crippen molar-refractivity contribution in [1.82, 2.24) is 9.55 Å². The van der Waals surface area contributed by atoms with Crippen molar-refractivity contribution in [1.29, 1.82) is 0 Å². The monoisotopic (exact) mass is 391 g/mol. The largest absolute Gasteiger partial charge is 0.458 e. The highest BCUT2D eigenvalue weighted by molar-refractivity contribution is 7.71. The maximum atomic E-state index is 15.1. The van der Waals surface area contributed by atoms with Gasteiger partial charge in [-0.2, -0.15) is 0 Å². The number of nitrogens with two attached hydrogens (primary N) is 1. The van der Waals surface area contributed by atoms with Crippen molar-refractivity contribution in [2.75, 3.05) is 6.61 Å². The van der Waals surface area contributed by atoms with Crippen molar-refractivity contribution < 1.29 is 28.9 Å². The van der Waals surface area contributed by atoms with E-state index in [1.807, 2.05) is 0 Å². The van der Waals surface area contributed by atoms with Crippen LogP contribution in [-0.4, -0.2) is 56.4 Å². The van der Waals surface area contributed by atoms with Gasteiger partial charge in [-0.15, -0.1) is 0 Å². The fourth-order valence-corrected chi connectivity index (χ4v) is 2.95. The number of rotatable bonds is 5. The number of hydrogen-bond acceptors (Lipinski definition) is 8. The number of hydrogen-bond donors (Lipinski definition) is 4. The zero-order valence-corrected chi connectivity index (χ0v) is 15.3. The van der Waals surface area contributed by atoms with Crippen LogP contribution in [0.25, 0.3) is 0 Å². The van der Waals surface area contributed by atoms with Gasteiger partial charge in [0.05, 0.1) is 0 Å². The van der Waals surface area contributed by atoms with E-state index in [1.165, 1.54) is 13.1 Å². The van der Waals surface area contributed by atoms with Crippen molar-refractivity contribution in [3.05, 3.63) is 27.4 Å². The van der Waals surface area contributed by atoms with Crippen LogP contribution in [0.2, 0.25) is 0 Å². The van der Waals surface area contributed by atoms with E-state index in [9.17, 15) is 19.8 Å². The molecule has 0 amide bonds. The molecule has 1 aliphatic heterocycles. The molecular formula is C15H22FN3O6S. The molecule has 0 spiro atoms. The molecule has 0 radical (unpaired) electrons. The highest BCUT2D eigenvalue weighted by atomic mass is 32.1. The zero-order valence-electron chi connectivity index (χ0n) is 14.5. The number of alkyl halides is 1. The quantitative estimate of drug-likeness (QED) is 0.390. The van der Waals surface area contributed by atoms with E-state index in [0.29, 0.717) is 0 Å². The maximum absolute atomic E-state index is 15.1. The Bertz CT molecular complexity index is 798. The first-order valence-electron chi connectivity index (χ1n) is 7.92. The average Bonchev–Trinajstić information content (AvgIpc) is 2.73. The smallest absolute Gasteiger partial charge is 0.323 e. The molecule has 11 heteroatoms. The standard InChI is InChI=1S/C15H22FN3O6S/c1-7(2)9(17)12(23)24-6-15(16)11(22)10(21)14(3,25-15)19-5-4-8(20)18-13(19)26/h4-5,7,9-11,21-22H,6,17H2,1-3H3,(H,18,20,26)/t9-,10+,11-,14+,15+/m0/s1. The molecule has 5 atom stereocenters. The molecule has 0 saturated carbocycles. The van der Waals surface area contributed by atoms with Crippen LogP contribution in [0.1, 0.15) is 20.8 Å². The molecule has 0 bridgehead atoms. The predicted molar refractivity (Wildman–Crippen MR) is 90.2 cm³/mol. The molecular weight excluding hydrogens is 369 g/mol. The van der Waals surface area contributed by atoms with Gasteiger partial charge in [-0.05, 0) is 25.1 Å². The van der Waals surface area contributed by atoms with Crippen LogP contribution in [0.5, 0.6) is 0 Å². The van der Waals surface area contributed by atoms with Crippen LogP contribution in [0, 0.1) is 10.7 Å². The molecule has 0 unspecified atom stereocenters. The minimum absolute atomic E-state index is 0.144. The Morgan fingerprint density at radius 1 is 1.54 bits per heavy atom. The van der Waals surface area contributed by atoms with Crippen molar-refractivity contribution in [3.8, 4) is 0 Å². The molecule has 1 saturated heterocycles. The van der Waals surface area contributed by atoms with Crippen LogP contribution in [0.15, 0.2) is 17.1 Å². The van der Waals surface area contributed by atoms with Gasteiger partial charge in [0.2, 0.25) is 0 Å².